The average molecular weight is 452 g/mol. The normalized spacial score (nSPS) is 17.4. The van der Waals surface area contributed by atoms with Crippen LogP contribution in [0.15, 0.2) is 36.5 Å². The second-order valence-corrected chi connectivity index (χ2v) is 9.73. The Hall–Kier alpha value is -1.99. The summed E-state index contributed by atoms with van der Waals surface area (Å²) in [6.07, 6.45) is 7.16. The van der Waals surface area contributed by atoms with Crippen molar-refractivity contribution in [1.82, 2.24) is 25.0 Å². The zero-order chi connectivity index (χ0) is 22.9. The monoisotopic (exact) mass is 451 g/mol. The standard InChI is InChI=1S/C27H41N5O/c1-23-18-24(20-28-21-26-8-2-3-9-29-26)27(33)25(19-23)22-32(16-14-30-10-4-5-11-30)17-15-31-12-6-7-13-31/h2-3,8-9,18-19,28,33H,4-7,10-17,20-22H2,1H3. The Labute approximate surface area is 199 Å². The number of phenols is 1. The zero-order valence-corrected chi connectivity index (χ0v) is 20.3. The second kappa shape index (κ2) is 12.5. The molecule has 0 amide bonds. The molecule has 2 aliphatic rings. The fraction of sp³-hybridized carbons (Fsp3) is 0.593. The Morgan fingerprint density at radius 2 is 1.55 bits per heavy atom. The van der Waals surface area contributed by atoms with E-state index < -0.39 is 0 Å². The summed E-state index contributed by atoms with van der Waals surface area (Å²) in [4.78, 5) is 12.1. The van der Waals surface area contributed by atoms with E-state index in [0.717, 1.165) is 49.5 Å². The lowest BCUT2D eigenvalue weighted by Gasteiger charge is -2.28. The lowest BCUT2D eigenvalue weighted by Crippen LogP contribution is -2.38. The highest BCUT2D eigenvalue weighted by Gasteiger charge is 2.18. The van der Waals surface area contributed by atoms with Crippen LogP contribution in [0.1, 0.15) is 48.1 Å². The molecule has 6 nitrogen and oxygen atoms in total. The summed E-state index contributed by atoms with van der Waals surface area (Å²) in [7, 11) is 0. The first-order valence-corrected chi connectivity index (χ1v) is 12.8. The maximum Gasteiger partial charge on any atom is 0.124 e. The Bertz CT molecular complexity index is 827. The molecule has 0 aliphatic carbocycles. The number of pyridine rings is 1. The zero-order valence-electron chi connectivity index (χ0n) is 20.3. The molecule has 180 valence electrons. The van der Waals surface area contributed by atoms with Crippen LogP contribution in [0, 0.1) is 6.92 Å². The average Bonchev–Trinajstić information content (AvgIpc) is 3.53. The van der Waals surface area contributed by atoms with Crippen molar-refractivity contribution in [2.75, 3.05) is 52.4 Å². The number of likely N-dealkylation sites (tertiary alicyclic amines) is 2. The lowest BCUT2D eigenvalue weighted by molar-refractivity contribution is 0.191. The van der Waals surface area contributed by atoms with Crippen molar-refractivity contribution >= 4 is 0 Å². The molecule has 3 heterocycles. The van der Waals surface area contributed by atoms with Crippen LogP contribution < -0.4 is 5.32 Å². The molecule has 4 rings (SSSR count). The van der Waals surface area contributed by atoms with Gasteiger partial charge in [-0.3, -0.25) is 9.88 Å². The van der Waals surface area contributed by atoms with Crippen LogP contribution in [-0.2, 0) is 19.6 Å². The van der Waals surface area contributed by atoms with Crippen LogP contribution in [0.2, 0.25) is 0 Å². The molecular weight excluding hydrogens is 410 g/mol. The fourth-order valence-corrected chi connectivity index (χ4v) is 5.11. The van der Waals surface area contributed by atoms with Crippen molar-refractivity contribution in [1.29, 1.82) is 0 Å². The van der Waals surface area contributed by atoms with E-state index in [9.17, 15) is 5.11 Å². The number of aromatic hydroxyl groups is 1. The number of hydrogen-bond donors (Lipinski definition) is 2. The van der Waals surface area contributed by atoms with Crippen molar-refractivity contribution in [3.8, 4) is 5.75 Å². The van der Waals surface area contributed by atoms with Gasteiger partial charge in [0.25, 0.3) is 0 Å². The molecule has 0 saturated carbocycles. The summed E-state index contributed by atoms with van der Waals surface area (Å²) in [5, 5.41) is 14.6. The van der Waals surface area contributed by atoms with Gasteiger partial charge in [0.2, 0.25) is 0 Å². The predicted molar refractivity (Wildman–Crippen MR) is 134 cm³/mol. The van der Waals surface area contributed by atoms with Gasteiger partial charge in [-0.05, 0) is 70.9 Å². The maximum absolute atomic E-state index is 11.1. The highest BCUT2D eigenvalue weighted by molar-refractivity contribution is 5.43. The minimum atomic E-state index is 0.446. The summed E-state index contributed by atoms with van der Waals surface area (Å²) in [5.41, 5.74) is 4.24. The Balaban J connectivity index is 1.38. The second-order valence-electron chi connectivity index (χ2n) is 9.73. The molecule has 0 radical (unpaired) electrons. The molecule has 2 fully saturated rings. The number of benzene rings is 1. The van der Waals surface area contributed by atoms with E-state index in [4.69, 9.17) is 0 Å². The third-order valence-corrected chi connectivity index (χ3v) is 7.02. The summed E-state index contributed by atoms with van der Waals surface area (Å²) >= 11 is 0. The Kier molecular flexibility index (Phi) is 9.12. The molecule has 2 aromatic rings. The topological polar surface area (TPSA) is 54.9 Å². The number of nitrogens with one attached hydrogen (secondary N) is 1. The van der Waals surface area contributed by atoms with Gasteiger partial charge in [0.1, 0.15) is 5.75 Å². The van der Waals surface area contributed by atoms with Crippen molar-refractivity contribution in [3.63, 3.8) is 0 Å². The maximum atomic E-state index is 11.1. The number of nitrogens with zero attached hydrogens (tertiary/aromatic N) is 4. The molecule has 0 bridgehead atoms. The molecule has 33 heavy (non-hydrogen) atoms. The largest absolute Gasteiger partial charge is 0.507 e. The van der Waals surface area contributed by atoms with Crippen molar-refractivity contribution < 1.29 is 5.11 Å². The highest BCUT2D eigenvalue weighted by atomic mass is 16.3. The van der Waals surface area contributed by atoms with Gasteiger partial charge in [0, 0.05) is 63.1 Å². The first kappa shape index (κ1) is 24.1. The first-order valence-electron chi connectivity index (χ1n) is 12.8. The minimum absolute atomic E-state index is 0.446. The third-order valence-electron chi connectivity index (χ3n) is 7.02. The minimum Gasteiger partial charge on any atom is -0.507 e. The van der Waals surface area contributed by atoms with E-state index in [0.29, 0.717) is 18.8 Å². The molecule has 6 heteroatoms. The summed E-state index contributed by atoms with van der Waals surface area (Å²) in [6.45, 7) is 13.6. The van der Waals surface area contributed by atoms with Gasteiger partial charge in [-0.2, -0.15) is 0 Å². The number of phenolic OH excluding ortho intramolecular Hbond substituents is 1. The molecular formula is C27H41N5O. The molecule has 1 aromatic heterocycles. The number of aryl methyl sites for hydroxylation is 1. The summed E-state index contributed by atoms with van der Waals surface area (Å²) in [5.74, 6) is 0.446. The van der Waals surface area contributed by atoms with Crippen molar-refractivity contribution in [3.05, 3.63) is 58.9 Å². The van der Waals surface area contributed by atoms with Gasteiger partial charge < -0.3 is 20.2 Å². The van der Waals surface area contributed by atoms with Crippen LogP contribution in [0.3, 0.4) is 0 Å². The molecule has 0 spiro atoms. The Morgan fingerprint density at radius 3 is 2.15 bits per heavy atom. The fourth-order valence-electron chi connectivity index (χ4n) is 5.11. The van der Waals surface area contributed by atoms with E-state index in [1.807, 2.05) is 24.4 Å². The molecule has 0 unspecified atom stereocenters. The van der Waals surface area contributed by atoms with Crippen molar-refractivity contribution in [2.24, 2.45) is 0 Å². The van der Waals surface area contributed by atoms with Crippen LogP contribution >= 0.6 is 0 Å². The number of rotatable bonds is 12. The van der Waals surface area contributed by atoms with Gasteiger partial charge in [-0.25, -0.2) is 0 Å². The SMILES string of the molecule is Cc1cc(CNCc2ccccn2)c(O)c(CN(CCN2CCCC2)CCN2CCCC2)c1. The van der Waals surface area contributed by atoms with Crippen LogP contribution in [0.5, 0.6) is 5.75 Å². The highest BCUT2D eigenvalue weighted by Crippen LogP contribution is 2.26. The summed E-state index contributed by atoms with van der Waals surface area (Å²) < 4.78 is 0. The smallest absolute Gasteiger partial charge is 0.124 e. The molecule has 2 N–H and O–H groups in total. The van der Waals surface area contributed by atoms with E-state index >= 15 is 0 Å². The summed E-state index contributed by atoms with van der Waals surface area (Å²) in [6, 6.07) is 10.2. The van der Waals surface area contributed by atoms with E-state index in [1.54, 1.807) is 0 Å². The molecule has 0 atom stereocenters. The van der Waals surface area contributed by atoms with Gasteiger partial charge in [-0.1, -0.05) is 23.8 Å². The van der Waals surface area contributed by atoms with E-state index in [1.165, 1.54) is 57.4 Å². The van der Waals surface area contributed by atoms with Gasteiger partial charge in [-0.15, -0.1) is 0 Å². The number of hydrogen-bond acceptors (Lipinski definition) is 6. The quantitative estimate of drug-likeness (QED) is 0.516. The van der Waals surface area contributed by atoms with E-state index in [2.05, 4.69) is 44.1 Å². The Morgan fingerprint density at radius 1 is 0.909 bits per heavy atom. The van der Waals surface area contributed by atoms with Gasteiger partial charge >= 0.3 is 0 Å². The van der Waals surface area contributed by atoms with Crippen LogP contribution in [0.4, 0.5) is 0 Å². The molecule has 2 saturated heterocycles. The van der Waals surface area contributed by atoms with Crippen LogP contribution in [-0.4, -0.2) is 77.1 Å². The first-order chi connectivity index (χ1) is 16.2. The van der Waals surface area contributed by atoms with Crippen molar-refractivity contribution in [2.45, 2.75) is 52.2 Å². The molecule has 1 aromatic carbocycles. The van der Waals surface area contributed by atoms with Crippen LogP contribution in [0.25, 0.3) is 0 Å². The number of aromatic nitrogens is 1. The lowest BCUT2D eigenvalue weighted by atomic mass is 10.0. The third kappa shape index (κ3) is 7.51. The predicted octanol–water partition coefficient (Wildman–Crippen LogP) is 3.38. The van der Waals surface area contributed by atoms with Gasteiger partial charge in [0.15, 0.2) is 0 Å². The van der Waals surface area contributed by atoms with Gasteiger partial charge in [0.05, 0.1) is 5.69 Å². The molecule has 2 aliphatic heterocycles. The van der Waals surface area contributed by atoms with E-state index in [-0.39, 0.29) is 0 Å².